The molecular formula is C12H13ClO. The molecule has 0 amide bonds. The highest BCUT2D eigenvalue weighted by Gasteiger charge is 2.27. The van der Waals surface area contributed by atoms with Crippen molar-refractivity contribution < 1.29 is 4.79 Å². The summed E-state index contributed by atoms with van der Waals surface area (Å²) in [5.41, 5.74) is 1.07. The van der Waals surface area contributed by atoms with E-state index in [1.54, 1.807) is 0 Å². The average molecular weight is 209 g/mol. The summed E-state index contributed by atoms with van der Waals surface area (Å²) < 4.78 is 0. The molecule has 1 fully saturated rings. The lowest BCUT2D eigenvalue weighted by Gasteiger charge is -2.30. The van der Waals surface area contributed by atoms with E-state index in [4.69, 9.17) is 11.6 Å². The zero-order chi connectivity index (χ0) is 9.97. The standard InChI is InChI=1S/C12H13ClO/c13-11-6-2-5-10(7-11)12(8-14)9-3-1-4-9/h2,5-9,12H,1,3-4H2. The summed E-state index contributed by atoms with van der Waals surface area (Å²) >= 11 is 5.90. The molecule has 0 spiro atoms. The van der Waals surface area contributed by atoms with Crippen molar-refractivity contribution in [3.05, 3.63) is 34.9 Å². The van der Waals surface area contributed by atoms with Gasteiger partial charge in [-0.25, -0.2) is 0 Å². The third kappa shape index (κ3) is 1.83. The van der Waals surface area contributed by atoms with Gasteiger partial charge < -0.3 is 4.79 Å². The fourth-order valence-electron chi connectivity index (χ4n) is 1.97. The second-order valence-electron chi connectivity index (χ2n) is 3.91. The van der Waals surface area contributed by atoms with Crippen molar-refractivity contribution >= 4 is 17.9 Å². The van der Waals surface area contributed by atoms with Gasteiger partial charge in [0.2, 0.25) is 0 Å². The van der Waals surface area contributed by atoms with E-state index >= 15 is 0 Å². The Balaban J connectivity index is 2.21. The zero-order valence-electron chi connectivity index (χ0n) is 7.95. The maximum atomic E-state index is 11.0. The van der Waals surface area contributed by atoms with Gasteiger partial charge in [0.15, 0.2) is 0 Å². The van der Waals surface area contributed by atoms with E-state index < -0.39 is 0 Å². The van der Waals surface area contributed by atoms with Crippen LogP contribution in [0.2, 0.25) is 5.02 Å². The van der Waals surface area contributed by atoms with Crippen LogP contribution in [0.4, 0.5) is 0 Å². The molecule has 2 rings (SSSR count). The predicted octanol–water partition coefficient (Wildman–Crippen LogP) is 3.42. The van der Waals surface area contributed by atoms with Crippen molar-refractivity contribution in [2.24, 2.45) is 5.92 Å². The number of halogens is 1. The molecule has 1 unspecified atom stereocenters. The minimum Gasteiger partial charge on any atom is -0.303 e. The lowest BCUT2D eigenvalue weighted by Crippen LogP contribution is -2.21. The predicted molar refractivity (Wildman–Crippen MR) is 57.6 cm³/mol. The minimum absolute atomic E-state index is 0.0578. The van der Waals surface area contributed by atoms with Gasteiger partial charge in [-0.1, -0.05) is 30.2 Å². The van der Waals surface area contributed by atoms with Gasteiger partial charge in [-0.05, 0) is 36.5 Å². The van der Waals surface area contributed by atoms with E-state index in [2.05, 4.69) is 0 Å². The van der Waals surface area contributed by atoms with Gasteiger partial charge in [-0.15, -0.1) is 0 Å². The first-order chi connectivity index (χ1) is 6.81. The number of rotatable bonds is 3. The van der Waals surface area contributed by atoms with Crippen LogP contribution < -0.4 is 0 Å². The van der Waals surface area contributed by atoms with Crippen LogP contribution in [0, 0.1) is 5.92 Å². The van der Waals surface area contributed by atoms with Crippen LogP contribution in [0.1, 0.15) is 30.7 Å². The molecule has 1 atom stereocenters. The topological polar surface area (TPSA) is 17.1 Å². The third-order valence-corrected chi connectivity index (χ3v) is 3.27. The third-order valence-electron chi connectivity index (χ3n) is 3.04. The van der Waals surface area contributed by atoms with Crippen molar-refractivity contribution in [1.29, 1.82) is 0 Å². The van der Waals surface area contributed by atoms with Crippen LogP contribution in [-0.2, 0) is 4.79 Å². The van der Waals surface area contributed by atoms with Gasteiger partial charge in [-0.3, -0.25) is 0 Å². The normalized spacial score (nSPS) is 18.6. The highest BCUT2D eigenvalue weighted by molar-refractivity contribution is 6.30. The van der Waals surface area contributed by atoms with Crippen molar-refractivity contribution in [2.75, 3.05) is 0 Å². The first-order valence-electron chi connectivity index (χ1n) is 5.02. The number of carbonyl (C=O) groups is 1. The summed E-state index contributed by atoms with van der Waals surface area (Å²) in [5, 5.41) is 0.716. The minimum atomic E-state index is 0.0578. The summed E-state index contributed by atoms with van der Waals surface area (Å²) in [6.45, 7) is 0. The van der Waals surface area contributed by atoms with Gasteiger partial charge in [0.1, 0.15) is 6.29 Å². The van der Waals surface area contributed by atoms with Crippen LogP contribution in [-0.4, -0.2) is 6.29 Å². The van der Waals surface area contributed by atoms with Gasteiger partial charge >= 0.3 is 0 Å². The van der Waals surface area contributed by atoms with Crippen LogP contribution in [0.15, 0.2) is 24.3 Å². The summed E-state index contributed by atoms with van der Waals surface area (Å²) in [6, 6.07) is 7.64. The van der Waals surface area contributed by atoms with E-state index in [0.717, 1.165) is 11.8 Å². The van der Waals surface area contributed by atoms with E-state index in [1.807, 2.05) is 24.3 Å². The Morgan fingerprint density at radius 3 is 2.71 bits per heavy atom. The fraction of sp³-hybridized carbons (Fsp3) is 0.417. The molecule has 1 aliphatic rings. The van der Waals surface area contributed by atoms with Gasteiger partial charge in [0.05, 0.1) is 0 Å². The summed E-state index contributed by atoms with van der Waals surface area (Å²) in [7, 11) is 0. The highest BCUT2D eigenvalue weighted by atomic mass is 35.5. The molecule has 0 aromatic heterocycles. The summed E-state index contributed by atoms with van der Waals surface area (Å²) in [6.07, 6.45) is 4.68. The van der Waals surface area contributed by atoms with Crippen molar-refractivity contribution in [1.82, 2.24) is 0 Å². The number of carbonyl (C=O) groups excluding carboxylic acids is 1. The van der Waals surface area contributed by atoms with Crippen molar-refractivity contribution in [2.45, 2.75) is 25.2 Å². The molecule has 0 N–H and O–H groups in total. The number of aldehydes is 1. The smallest absolute Gasteiger partial charge is 0.127 e. The molecule has 2 heteroatoms. The molecule has 14 heavy (non-hydrogen) atoms. The molecule has 0 radical (unpaired) electrons. The Hall–Kier alpha value is -0.820. The van der Waals surface area contributed by atoms with E-state index in [9.17, 15) is 4.79 Å². The summed E-state index contributed by atoms with van der Waals surface area (Å²) in [5.74, 6) is 0.605. The fourth-order valence-corrected chi connectivity index (χ4v) is 2.17. The molecule has 0 bridgehead atoms. The molecule has 1 saturated carbocycles. The van der Waals surface area contributed by atoms with Gasteiger partial charge in [-0.2, -0.15) is 0 Å². The second kappa shape index (κ2) is 4.14. The first-order valence-corrected chi connectivity index (χ1v) is 5.40. The maximum Gasteiger partial charge on any atom is 0.127 e. The zero-order valence-corrected chi connectivity index (χ0v) is 8.70. The largest absolute Gasteiger partial charge is 0.303 e. The Bertz CT molecular complexity index is 331. The van der Waals surface area contributed by atoms with Crippen molar-refractivity contribution in [3.8, 4) is 0 Å². The monoisotopic (exact) mass is 208 g/mol. The maximum absolute atomic E-state index is 11.0. The summed E-state index contributed by atoms with van der Waals surface area (Å²) in [4.78, 5) is 11.0. The van der Waals surface area contributed by atoms with Gasteiger partial charge in [0.25, 0.3) is 0 Å². The van der Waals surface area contributed by atoms with Crippen LogP contribution in [0.3, 0.4) is 0 Å². The highest BCUT2D eigenvalue weighted by Crippen LogP contribution is 2.38. The molecular weight excluding hydrogens is 196 g/mol. The van der Waals surface area contributed by atoms with Crippen LogP contribution in [0.25, 0.3) is 0 Å². The molecule has 1 aromatic rings. The Kier molecular flexibility index (Phi) is 2.87. The Morgan fingerprint density at radius 1 is 1.43 bits per heavy atom. The van der Waals surface area contributed by atoms with E-state index in [-0.39, 0.29) is 5.92 Å². The Labute approximate surface area is 89.1 Å². The SMILES string of the molecule is O=CC(c1cccc(Cl)c1)C1CCC1. The Morgan fingerprint density at radius 2 is 2.21 bits per heavy atom. The number of hydrogen-bond acceptors (Lipinski definition) is 1. The molecule has 1 aliphatic carbocycles. The quantitative estimate of drug-likeness (QED) is 0.696. The molecule has 0 aliphatic heterocycles. The van der Waals surface area contributed by atoms with Gasteiger partial charge in [0, 0.05) is 10.9 Å². The van der Waals surface area contributed by atoms with Crippen LogP contribution >= 0.6 is 11.6 Å². The molecule has 0 saturated heterocycles. The molecule has 1 nitrogen and oxygen atoms in total. The van der Waals surface area contributed by atoms with Crippen LogP contribution in [0.5, 0.6) is 0 Å². The second-order valence-corrected chi connectivity index (χ2v) is 4.34. The van der Waals surface area contributed by atoms with Crippen molar-refractivity contribution in [3.63, 3.8) is 0 Å². The average Bonchev–Trinajstić information content (AvgIpc) is 2.10. The molecule has 0 heterocycles. The molecule has 1 aromatic carbocycles. The molecule has 74 valence electrons. The van der Waals surface area contributed by atoms with E-state index in [1.165, 1.54) is 19.3 Å². The number of benzene rings is 1. The lowest BCUT2D eigenvalue weighted by molar-refractivity contribution is -0.110. The first kappa shape index (κ1) is 9.72. The lowest BCUT2D eigenvalue weighted by atomic mass is 9.74. The number of hydrogen-bond donors (Lipinski definition) is 0. The van der Waals surface area contributed by atoms with E-state index in [0.29, 0.717) is 10.9 Å².